The standard InChI is InChI=1S/C22H20ClN3O5/c23-16-4-1-14(2-5-16)12-26-20(28)22(24-21(26)29)7-9-25(10-8-22)19(27)15-3-6-17-18(11-15)31-13-30-17/h1-6,11H,7-10,12-13H2,(H,24,29). The largest absolute Gasteiger partial charge is 0.454 e. The Kier molecular flexibility index (Phi) is 4.74. The first-order valence-corrected chi connectivity index (χ1v) is 10.4. The maximum atomic E-state index is 13.1. The summed E-state index contributed by atoms with van der Waals surface area (Å²) in [5, 5.41) is 3.47. The first-order chi connectivity index (χ1) is 14.9. The van der Waals surface area contributed by atoms with Gasteiger partial charge in [0.05, 0.1) is 6.54 Å². The summed E-state index contributed by atoms with van der Waals surface area (Å²) >= 11 is 5.91. The zero-order chi connectivity index (χ0) is 21.6. The maximum Gasteiger partial charge on any atom is 0.325 e. The van der Waals surface area contributed by atoms with Crippen LogP contribution in [0, 0.1) is 0 Å². The fraction of sp³-hybridized carbons (Fsp3) is 0.318. The molecule has 9 heteroatoms. The van der Waals surface area contributed by atoms with E-state index in [1.807, 2.05) is 0 Å². The van der Waals surface area contributed by atoms with Crippen molar-refractivity contribution in [2.24, 2.45) is 0 Å². The number of piperidine rings is 1. The quantitative estimate of drug-likeness (QED) is 0.740. The SMILES string of the molecule is O=C(c1ccc2c(c1)OCO2)N1CCC2(CC1)NC(=O)N(Cc1ccc(Cl)cc1)C2=O. The zero-order valence-electron chi connectivity index (χ0n) is 16.6. The number of carbonyl (C=O) groups is 3. The van der Waals surface area contributed by atoms with E-state index in [1.54, 1.807) is 47.4 Å². The fourth-order valence-corrected chi connectivity index (χ4v) is 4.36. The van der Waals surface area contributed by atoms with Crippen LogP contribution < -0.4 is 14.8 Å². The lowest BCUT2D eigenvalue weighted by atomic mass is 9.87. The van der Waals surface area contributed by atoms with E-state index in [9.17, 15) is 14.4 Å². The summed E-state index contributed by atoms with van der Waals surface area (Å²) in [5.41, 5.74) is 0.363. The second-order valence-electron chi connectivity index (χ2n) is 7.89. The molecule has 3 heterocycles. The summed E-state index contributed by atoms with van der Waals surface area (Å²) in [5.74, 6) is 0.787. The van der Waals surface area contributed by atoms with Crippen LogP contribution in [0.15, 0.2) is 42.5 Å². The number of imide groups is 1. The number of ether oxygens (including phenoxy) is 2. The maximum absolute atomic E-state index is 13.1. The predicted octanol–water partition coefficient (Wildman–Crippen LogP) is 2.80. The highest BCUT2D eigenvalue weighted by atomic mass is 35.5. The molecule has 0 atom stereocenters. The molecule has 2 fully saturated rings. The van der Waals surface area contributed by atoms with E-state index in [1.165, 1.54) is 4.90 Å². The molecule has 0 bridgehead atoms. The molecule has 0 saturated carbocycles. The normalized spacial score (nSPS) is 19.1. The summed E-state index contributed by atoms with van der Waals surface area (Å²) < 4.78 is 10.6. The van der Waals surface area contributed by atoms with E-state index < -0.39 is 11.6 Å². The van der Waals surface area contributed by atoms with Crippen LogP contribution in [0.2, 0.25) is 5.02 Å². The third-order valence-corrected chi connectivity index (χ3v) is 6.28. The molecule has 3 aliphatic rings. The number of urea groups is 1. The average Bonchev–Trinajstić information content (AvgIpc) is 3.33. The van der Waals surface area contributed by atoms with Gasteiger partial charge >= 0.3 is 6.03 Å². The molecule has 2 aromatic carbocycles. The van der Waals surface area contributed by atoms with Gasteiger partial charge in [0.1, 0.15) is 5.54 Å². The Balaban J connectivity index is 1.26. The number of benzene rings is 2. The molecule has 160 valence electrons. The van der Waals surface area contributed by atoms with Crippen LogP contribution in [-0.2, 0) is 11.3 Å². The molecule has 8 nitrogen and oxygen atoms in total. The van der Waals surface area contributed by atoms with Crippen molar-refractivity contribution in [3.63, 3.8) is 0 Å². The van der Waals surface area contributed by atoms with E-state index in [2.05, 4.69) is 5.32 Å². The van der Waals surface area contributed by atoms with Crippen molar-refractivity contribution in [1.29, 1.82) is 0 Å². The molecule has 2 aromatic rings. The molecule has 0 radical (unpaired) electrons. The van der Waals surface area contributed by atoms with Crippen molar-refractivity contribution in [3.05, 3.63) is 58.6 Å². The molecule has 0 unspecified atom stereocenters. The van der Waals surface area contributed by atoms with Crippen molar-refractivity contribution >= 4 is 29.4 Å². The molecule has 5 rings (SSSR count). The summed E-state index contributed by atoms with van der Waals surface area (Å²) in [4.78, 5) is 41.5. The highest BCUT2D eigenvalue weighted by Gasteiger charge is 2.52. The van der Waals surface area contributed by atoms with Gasteiger partial charge in [-0.25, -0.2) is 4.79 Å². The molecule has 3 aliphatic heterocycles. The summed E-state index contributed by atoms with van der Waals surface area (Å²) in [6, 6.07) is 11.7. The van der Waals surface area contributed by atoms with Crippen LogP contribution in [-0.4, -0.2) is 53.1 Å². The van der Waals surface area contributed by atoms with E-state index in [-0.39, 0.29) is 25.2 Å². The van der Waals surface area contributed by atoms with Gasteiger partial charge in [0.15, 0.2) is 11.5 Å². The first-order valence-electron chi connectivity index (χ1n) is 10.0. The minimum atomic E-state index is -0.963. The molecule has 1 spiro atoms. The lowest BCUT2D eigenvalue weighted by molar-refractivity contribution is -0.133. The van der Waals surface area contributed by atoms with Gasteiger partial charge in [0.25, 0.3) is 11.8 Å². The molecule has 2 saturated heterocycles. The Hall–Kier alpha value is -3.26. The minimum Gasteiger partial charge on any atom is -0.454 e. The highest BCUT2D eigenvalue weighted by Crippen LogP contribution is 2.34. The van der Waals surface area contributed by atoms with Crippen molar-refractivity contribution in [1.82, 2.24) is 15.1 Å². The number of halogens is 1. The number of nitrogens with one attached hydrogen (secondary N) is 1. The topological polar surface area (TPSA) is 88.2 Å². The lowest BCUT2D eigenvalue weighted by Crippen LogP contribution is -2.55. The van der Waals surface area contributed by atoms with Gasteiger partial charge in [0, 0.05) is 23.7 Å². The number of hydrogen-bond donors (Lipinski definition) is 1. The van der Waals surface area contributed by atoms with E-state index in [4.69, 9.17) is 21.1 Å². The van der Waals surface area contributed by atoms with Crippen molar-refractivity contribution in [2.45, 2.75) is 24.9 Å². The summed E-state index contributed by atoms with van der Waals surface area (Å²) in [7, 11) is 0. The monoisotopic (exact) mass is 441 g/mol. The van der Waals surface area contributed by atoms with Gasteiger partial charge in [-0.3, -0.25) is 14.5 Å². The van der Waals surface area contributed by atoms with Crippen LogP contribution in [0.1, 0.15) is 28.8 Å². The first kappa shape index (κ1) is 19.7. The lowest BCUT2D eigenvalue weighted by Gasteiger charge is -2.37. The Morgan fingerprint density at radius 1 is 1.03 bits per heavy atom. The van der Waals surface area contributed by atoms with Gasteiger partial charge < -0.3 is 19.7 Å². The molecule has 0 aliphatic carbocycles. The predicted molar refractivity (Wildman–Crippen MR) is 111 cm³/mol. The summed E-state index contributed by atoms with van der Waals surface area (Å²) in [6.07, 6.45) is 0.732. The third-order valence-electron chi connectivity index (χ3n) is 6.02. The van der Waals surface area contributed by atoms with Gasteiger partial charge in [-0.05, 0) is 48.7 Å². The van der Waals surface area contributed by atoms with Crippen LogP contribution in [0.5, 0.6) is 11.5 Å². The van der Waals surface area contributed by atoms with E-state index >= 15 is 0 Å². The smallest absolute Gasteiger partial charge is 0.325 e. The van der Waals surface area contributed by atoms with Crippen LogP contribution in [0.4, 0.5) is 4.79 Å². The number of hydrogen-bond acceptors (Lipinski definition) is 5. The number of fused-ring (bicyclic) bond motifs is 1. The van der Waals surface area contributed by atoms with Crippen molar-refractivity contribution in [2.75, 3.05) is 19.9 Å². The number of likely N-dealkylation sites (tertiary alicyclic amines) is 1. The molecular weight excluding hydrogens is 422 g/mol. The van der Waals surface area contributed by atoms with Crippen LogP contribution in [0.3, 0.4) is 0 Å². The molecule has 4 amide bonds. The Labute approximate surface area is 183 Å². The van der Waals surface area contributed by atoms with Gasteiger partial charge in [-0.2, -0.15) is 0 Å². The summed E-state index contributed by atoms with van der Waals surface area (Å²) in [6.45, 7) is 1.07. The van der Waals surface area contributed by atoms with E-state index in [0.29, 0.717) is 48.0 Å². The number of carbonyl (C=O) groups excluding carboxylic acids is 3. The molecule has 0 aromatic heterocycles. The number of amides is 4. The Bertz CT molecular complexity index is 1060. The van der Waals surface area contributed by atoms with Crippen LogP contribution >= 0.6 is 11.6 Å². The Morgan fingerprint density at radius 2 is 1.74 bits per heavy atom. The average molecular weight is 442 g/mol. The van der Waals surface area contributed by atoms with Gasteiger partial charge in [0.2, 0.25) is 6.79 Å². The van der Waals surface area contributed by atoms with Gasteiger partial charge in [-0.1, -0.05) is 23.7 Å². The fourth-order valence-electron chi connectivity index (χ4n) is 4.23. The van der Waals surface area contributed by atoms with Crippen molar-refractivity contribution in [3.8, 4) is 11.5 Å². The molecule has 31 heavy (non-hydrogen) atoms. The van der Waals surface area contributed by atoms with Crippen LogP contribution in [0.25, 0.3) is 0 Å². The molecular formula is C22H20ClN3O5. The number of rotatable bonds is 3. The second-order valence-corrected chi connectivity index (χ2v) is 8.33. The van der Waals surface area contributed by atoms with Crippen molar-refractivity contribution < 1.29 is 23.9 Å². The molecule has 1 N–H and O–H groups in total. The third kappa shape index (κ3) is 3.46. The minimum absolute atomic E-state index is 0.136. The zero-order valence-corrected chi connectivity index (χ0v) is 17.4. The Morgan fingerprint density at radius 3 is 2.48 bits per heavy atom. The van der Waals surface area contributed by atoms with Gasteiger partial charge in [-0.15, -0.1) is 0 Å². The number of nitrogens with zero attached hydrogens (tertiary/aromatic N) is 2. The second kappa shape index (κ2) is 7.46. The van der Waals surface area contributed by atoms with E-state index in [0.717, 1.165) is 5.56 Å². The highest BCUT2D eigenvalue weighted by molar-refractivity contribution is 6.30.